The number of anilines is 1. The lowest BCUT2D eigenvalue weighted by Gasteiger charge is -2.50. The van der Waals surface area contributed by atoms with Crippen LogP contribution in [0, 0.1) is 0 Å². The highest BCUT2D eigenvalue weighted by Crippen LogP contribution is 2.35. The van der Waals surface area contributed by atoms with E-state index in [0.717, 1.165) is 34.7 Å². The predicted octanol–water partition coefficient (Wildman–Crippen LogP) is -0.0212. The maximum Gasteiger partial charge on any atom is 0.418 e. The summed E-state index contributed by atoms with van der Waals surface area (Å²) in [6.45, 7) is 6.56. The third kappa shape index (κ3) is 7.06. The van der Waals surface area contributed by atoms with Gasteiger partial charge in [0.05, 0.1) is 12.1 Å². The fourth-order valence-corrected chi connectivity index (χ4v) is 6.56. The number of hydroxylamine groups is 2. The van der Waals surface area contributed by atoms with Crippen molar-refractivity contribution < 1.29 is 46.3 Å². The molecule has 0 bridgehead atoms. The van der Waals surface area contributed by atoms with Crippen LogP contribution in [0.4, 0.5) is 5.13 Å². The number of carbonyl (C=O) groups excluding carboxylic acids is 2. The second kappa shape index (κ2) is 12.9. The van der Waals surface area contributed by atoms with E-state index < -0.39 is 57.2 Å². The first-order valence-corrected chi connectivity index (χ1v) is 17.0. The molecule has 5 atom stereocenters. The van der Waals surface area contributed by atoms with E-state index in [1.807, 2.05) is 19.1 Å². The quantitative estimate of drug-likeness (QED) is 0.0732. The molecule has 1 saturated heterocycles. The Morgan fingerprint density at radius 3 is 2.71 bits per heavy atom. The number of β-lactam (4-membered cyclic amide) rings is 1. The number of ether oxygens (including phenoxy) is 1. The third-order valence-corrected chi connectivity index (χ3v) is 9.22. The van der Waals surface area contributed by atoms with Crippen LogP contribution < -0.4 is 26.8 Å². The van der Waals surface area contributed by atoms with Crippen LogP contribution in [-0.4, -0.2) is 99.4 Å². The van der Waals surface area contributed by atoms with Crippen molar-refractivity contribution in [2.24, 2.45) is 15.9 Å². The molecule has 3 aliphatic heterocycles. The Morgan fingerprint density at radius 1 is 1.38 bits per heavy atom. The van der Waals surface area contributed by atoms with Crippen molar-refractivity contribution in [3.63, 3.8) is 0 Å². The van der Waals surface area contributed by atoms with Gasteiger partial charge in [-0.25, -0.2) is 9.78 Å². The van der Waals surface area contributed by atoms with Crippen LogP contribution in [0.15, 0.2) is 33.7 Å². The predicted molar refractivity (Wildman–Crippen MR) is 171 cm³/mol. The fraction of sp³-hybridized carbons (Fsp3) is 0.500. The molecular weight excluding hydrogens is 672 g/mol. The van der Waals surface area contributed by atoms with Crippen LogP contribution in [0.5, 0.6) is 5.75 Å². The van der Waals surface area contributed by atoms with E-state index in [-0.39, 0.29) is 29.3 Å². The first kappa shape index (κ1) is 35.0. The van der Waals surface area contributed by atoms with Gasteiger partial charge in [-0.1, -0.05) is 5.16 Å². The van der Waals surface area contributed by atoms with E-state index in [1.54, 1.807) is 6.07 Å². The molecule has 8 N–H and O–H groups in total. The van der Waals surface area contributed by atoms with E-state index in [1.165, 1.54) is 26.2 Å². The number of carbonyl (C=O) groups is 3. The summed E-state index contributed by atoms with van der Waals surface area (Å²) >= 11 is 0.970. The van der Waals surface area contributed by atoms with Gasteiger partial charge in [-0.15, -0.1) is 15.6 Å². The maximum atomic E-state index is 13.4. The number of amides is 2. The monoisotopic (exact) mass is 708 g/mol. The number of aryl methyl sites for hydroxylation is 1. The number of aliphatic carboxylic acids is 1. The number of hydrogen-bond acceptors (Lipinski definition) is 15. The number of hydrogen-bond donors (Lipinski definition) is 6. The highest BCUT2D eigenvalue weighted by molar-refractivity contribution is 7.80. The summed E-state index contributed by atoms with van der Waals surface area (Å²) in [4.78, 5) is 52.9. The normalized spacial score (nSPS) is 23.8. The molecule has 5 rings (SSSR count). The first-order chi connectivity index (χ1) is 22.4. The summed E-state index contributed by atoms with van der Waals surface area (Å²) in [7, 11) is -5.02. The number of aromatic nitrogens is 1. The van der Waals surface area contributed by atoms with Gasteiger partial charge in [-0.05, 0) is 70.7 Å². The highest BCUT2D eigenvalue weighted by Gasteiger charge is 2.58. The zero-order valence-corrected chi connectivity index (χ0v) is 28.0. The van der Waals surface area contributed by atoms with Crippen molar-refractivity contribution in [3.8, 4) is 5.75 Å². The molecule has 2 aromatic rings. The molecule has 1 fully saturated rings. The number of aliphatic imine (C=N–C) groups is 1. The molecule has 4 heterocycles. The number of nitrogens with one attached hydrogen (secondary N) is 2. The number of thiazole rings is 1. The fourth-order valence-electron chi connectivity index (χ4n) is 5.56. The van der Waals surface area contributed by atoms with Crippen molar-refractivity contribution >= 4 is 56.2 Å². The minimum Gasteiger partial charge on any atom is -0.485 e. The van der Waals surface area contributed by atoms with Crippen LogP contribution in [0.2, 0.25) is 0 Å². The Bertz CT molecular complexity index is 1790. The van der Waals surface area contributed by atoms with Crippen LogP contribution >= 0.6 is 11.3 Å². The number of nitrogens with two attached hydrogens (primary N) is 2. The average molecular weight is 709 g/mol. The van der Waals surface area contributed by atoms with Crippen LogP contribution in [0.25, 0.3) is 0 Å². The highest BCUT2D eigenvalue weighted by atomic mass is 32.3. The van der Waals surface area contributed by atoms with Gasteiger partial charge < -0.3 is 36.8 Å². The van der Waals surface area contributed by atoms with Gasteiger partial charge >= 0.3 is 16.4 Å². The molecule has 1 aromatic heterocycles. The van der Waals surface area contributed by atoms with Crippen LogP contribution in [-0.2, 0) is 40.3 Å². The zero-order chi connectivity index (χ0) is 35.2. The second-order valence-corrected chi connectivity index (χ2v) is 14.3. The van der Waals surface area contributed by atoms with E-state index in [2.05, 4.69) is 30.0 Å². The number of benzene rings is 1. The van der Waals surface area contributed by atoms with Gasteiger partial charge in [-0.2, -0.15) is 13.5 Å². The number of rotatable bonds is 12. The molecule has 0 spiro atoms. The van der Waals surface area contributed by atoms with Crippen molar-refractivity contribution in [1.82, 2.24) is 20.7 Å². The van der Waals surface area contributed by atoms with Crippen molar-refractivity contribution in [2.45, 2.75) is 82.3 Å². The SMILES string of the molecule is C[C@H](N)C[C@H]1CN=C(c2ccc3c(c2)CC[C@H]([C@](C)(O/N=C(\C(=O)N[C@@H]2C(=O)N(OS(=O)(=O)O)C2(C)C)c2csc(N)n2)C(=O)O)O3)N1. The summed E-state index contributed by atoms with van der Waals surface area (Å²) in [6.07, 6.45) is 0.399. The van der Waals surface area contributed by atoms with Crippen LogP contribution in [0.3, 0.4) is 0 Å². The minimum atomic E-state index is -5.02. The Labute approximate surface area is 279 Å². The van der Waals surface area contributed by atoms with Gasteiger partial charge in [0.25, 0.3) is 17.4 Å². The molecule has 48 heavy (non-hydrogen) atoms. The molecule has 3 aliphatic rings. The summed E-state index contributed by atoms with van der Waals surface area (Å²) in [6, 6.07) is 4.33. The molecule has 18 nitrogen and oxygen atoms in total. The summed E-state index contributed by atoms with van der Waals surface area (Å²) < 4.78 is 41.7. The van der Waals surface area contributed by atoms with E-state index in [4.69, 9.17) is 25.6 Å². The average Bonchev–Trinajstić information content (AvgIpc) is 3.66. The van der Waals surface area contributed by atoms with Gasteiger partial charge in [0.15, 0.2) is 16.9 Å². The molecule has 0 aliphatic carbocycles. The summed E-state index contributed by atoms with van der Waals surface area (Å²) in [5.41, 5.74) is 9.27. The van der Waals surface area contributed by atoms with Gasteiger partial charge in [0.1, 0.15) is 23.3 Å². The molecule has 20 heteroatoms. The Kier molecular flexibility index (Phi) is 9.40. The number of carboxylic acid groups (broad SMARTS) is 1. The lowest BCUT2D eigenvalue weighted by Crippen LogP contribution is -2.76. The van der Waals surface area contributed by atoms with Crippen molar-refractivity contribution in [1.29, 1.82) is 0 Å². The maximum absolute atomic E-state index is 13.4. The first-order valence-electron chi connectivity index (χ1n) is 14.8. The molecule has 1 aromatic carbocycles. The molecular formula is C28H36N8O10S2. The Morgan fingerprint density at radius 2 is 2.10 bits per heavy atom. The number of nitrogens with zero attached hydrogens (tertiary/aromatic N) is 4. The molecule has 0 saturated carbocycles. The third-order valence-electron chi connectivity index (χ3n) is 8.21. The van der Waals surface area contributed by atoms with E-state index in [9.17, 15) is 27.9 Å². The summed E-state index contributed by atoms with van der Waals surface area (Å²) in [5, 5.41) is 21.8. The standard InChI is InChI=1S/C28H36N8O10S2/c1-13(29)9-16-11-31-22(32-16)15-5-7-18-14(10-15)6-8-19(44-18)28(4,25(39)40)45-35-20(17-12-47-26(30)33-17)23(37)34-21-24(38)36(27(21,2)3)46-48(41,42)43/h5,7,10,12-13,16,19,21H,6,8-9,11,29H2,1-4H3,(H2,30,33)(H,31,32)(H,34,37)(H,39,40)(H,41,42,43)/b35-20-/t13-,16-,19+,21+,28-/m0/s1. The van der Waals surface area contributed by atoms with Gasteiger partial charge in [0.2, 0.25) is 0 Å². The smallest absolute Gasteiger partial charge is 0.418 e. The molecule has 0 unspecified atom stereocenters. The topological polar surface area (TPSA) is 270 Å². The molecule has 2 amide bonds. The Balaban J connectivity index is 1.34. The number of fused-ring (bicyclic) bond motifs is 1. The number of amidine groups is 1. The number of nitrogen functional groups attached to an aromatic ring is 1. The Hall–Kier alpha value is -4.37. The van der Waals surface area contributed by atoms with Crippen molar-refractivity contribution in [3.05, 3.63) is 40.4 Å². The van der Waals surface area contributed by atoms with Gasteiger partial charge in [0, 0.05) is 23.0 Å². The number of carboxylic acids is 1. The largest absolute Gasteiger partial charge is 0.485 e. The van der Waals surface area contributed by atoms with Crippen molar-refractivity contribution in [2.75, 3.05) is 12.3 Å². The lowest BCUT2D eigenvalue weighted by atomic mass is 9.84. The summed E-state index contributed by atoms with van der Waals surface area (Å²) in [5.74, 6) is -2.23. The lowest BCUT2D eigenvalue weighted by molar-refractivity contribution is -0.218. The minimum absolute atomic E-state index is 0.0341. The molecule has 0 radical (unpaired) electrons. The second-order valence-electron chi connectivity index (χ2n) is 12.4. The van der Waals surface area contributed by atoms with Crippen LogP contribution in [0.1, 0.15) is 57.4 Å². The van der Waals surface area contributed by atoms with E-state index >= 15 is 0 Å². The van der Waals surface area contributed by atoms with E-state index in [0.29, 0.717) is 23.8 Å². The molecule has 260 valence electrons. The van der Waals surface area contributed by atoms with Gasteiger partial charge in [-0.3, -0.25) is 19.1 Å². The number of oxime groups is 1. The zero-order valence-electron chi connectivity index (χ0n) is 26.4.